The molecule has 1 aliphatic heterocycles. The molecule has 1 N–H and O–H groups in total. The summed E-state index contributed by atoms with van der Waals surface area (Å²) < 4.78 is 2.20. The molecule has 2 heterocycles. The summed E-state index contributed by atoms with van der Waals surface area (Å²) in [6.45, 7) is 5.99. The maximum Gasteiger partial charge on any atom is 0.225 e. The van der Waals surface area contributed by atoms with Crippen LogP contribution in [0, 0.1) is 5.92 Å². The highest BCUT2D eigenvalue weighted by Gasteiger charge is 2.34. The maximum atomic E-state index is 12.0. The van der Waals surface area contributed by atoms with E-state index in [2.05, 4.69) is 40.2 Å². The monoisotopic (exact) mass is 275 g/mol. The lowest BCUT2D eigenvalue weighted by atomic mass is 10.0. The molecule has 0 spiro atoms. The van der Waals surface area contributed by atoms with Gasteiger partial charge in [0.25, 0.3) is 0 Å². The number of aryl methyl sites for hydroxylation is 1. The number of hydrogen-bond donors (Lipinski definition) is 1. The van der Waals surface area contributed by atoms with E-state index in [9.17, 15) is 4.79 Å². The molecule has 1 aromatic heterocycles. The van der Waals surface area contributed by atoms with Crippen LogP contribution in [0.5, 0.6) is 0 Å². The average Bonchev–Trinajstić information content (AvgIpc) is 3.24. The molecule has 2 aliphatic rings. The Labute approximate surface area is 121 Å². The molecule has 1 aromatic rings. The van der Waals surface area contributed by atoms with Crippen molar-refractivity contribution in [2.24, 2.45) is 5.92 Å². The molecular weight excluding hydrogens is 250 g/mol. The molecule has 1 saturated carbocycles. The third-order valence-electron chi connectivity index (χ3n) is 4.50. The van der Waals surface area contributed by atoms with E-state index in [-0.39, 0.29) is 0 Å². The van der Waals surface area contributed by atoms with E-state index in [4.69, 9.17) is 0 Å². The summed E-state index contributed by atoms with van der Waals surface area (Å²) in [6, 6.07) is 2.74. The second kappa shape index (κ2) is 6.00. The highest BCUT2D eigenvalue weighted by Crippen LogP contribution is 2.31. The highest BCUT2D eigenvalue weighted by molar-refractivity contribution is 5.81. The summed E-state index contributed by atoms with van der Waals surface area (Å²) in [7, 11) is 0. The second-order valence-electron chi connectivity index (χ2n) is 6.10. The number of rotatable bonds is 5. The zero-order chi connectivity index (χ0) is 13.9. The predicted molar refractivity (Wildman–Crippen MR) is 79.3 cm³/mol. The summed E-state index contributed by atoms with van der Waals surface area (Å²) in [6.07, 6.45) is 8.75. The van der Waals surface area contributed by atoms with Crippen LogP contribution in [0.25, 0.3) is 0 Å². The zero-order valence-electron chi connectivity index (χ0n) is 12.3. The molecule has 20 heavy (non-hydrogen) atoms. The lowest BCUT2D eigenvalue weighted by molar-refractivity contribution is -0.133. The fourth-order valence-corrected chi connectivity index (χ4v) is 2.95. The number of amides is 1. The van der Waals surface area contributed by atoms with Gasteiger partial charge in [0.05, 0.1) is 0 Å². The molecule has 1 aliphatic carbocycles. The van der Waals surface area contributed by atoms with Crippen LogP contribution in [0.1, 0.15) is 38.2 Å². The van der Waals surface area contributed by atoms with Gasteiger partial charge in [-0.15, -0.1) is 0 Å². The van der Waals surface area contributed by atoms with Gasteiger partial charge in [-0.05, 0) is 44.2 Å². The first-order chi connectivity index (χ1) is 9.76. The smallest absolute Gasteiger partial charge is 0.225 e. The summed E-state index contributed by atoms with van der Waals surface area (Å²) in [5.41, 5.74) is 1.35. The van der Waals surface area contributed by atoms with Crippen molar-refractivity contribution in [1.82, 2.24) is 14.8 Å². The van der Waals surface area contributed by atoms with Crippen molar-refractivity contribution in [3.8, 4) is 0 Å². The van der Waals surface area contributed by atoms with E-state index in [1.54, 1.807) is 0 Å². The van der Waals surface area contributed by atoms with Crippen molar-refractivity contribution in [2.75, 3.05) is 13.1 Å². The number of nitrogens with zero attached hydrogens (tertiary/aromatic N) is 2. The van der Waals surface area contributed by atoms with Crippen molar-refractivity contribution in [1.29, 1.82) is 0 Å². The number of likely N-dealkylation sites (tertiary alicyclic amines) is 1. The first-order valence-corrected chi connectivity index (χ1v) is 7.93. The second-order valence-corrected chi connectivity index (χ2v) is 6.10. The first kappa shape index (κ1) is 13.7. The van der Waals surface area contributed by atoms with Crippen LogP contribution >= 0.6 is 0 Å². The van der Waals surface area contributed by atoms with E-state index in [0.29, 0.717) is 17.9 Å². The summed E-state index contributed by atoms with van der Waals surface area (Å²) in [5, 5.41) is 3.63. The van der Waals surface area contributed by atoms with Crippen molar-refractivity contribution in [2.45, 2.75) is 51.7 Å². The Kier molecular flexibility index (Phi) is 4.10. The third kappa shape index (κ3) is 3.23. The Morgan fingerprint density at radius 2 is 2.05 bits per heavy atom. The summed E-state index contributed by atoms with van der Waals surface area (Å²) in [5.74, 6) is 0.775. The van der Waals surface area contributed by atoms with Gasteiger partial charge in [0.2, 0.25) is 5.91 Å². The molecule has 1 amide bonds. The van der Waals surface area contributed by atoms with Gasteiger partial charge in [-0.3, -0.25) is 4.79 Å². The molecule has 0 aromatic carbocycles. The lowest BCUT2D eigenvalue weighted by Gasteiger charge is -2.32. The molecule has 1 saturated heterocycles. The average molecular weight is 275 g/mol. The van der Waals surface area contributed by atoms with Gasteiger partial charge in [0.15, 0.2) is 0 Å². The SMILES string of the molecule is CCn1ccc(CNC2CCN(C(=O)C3CC3)CC2)c1. The number of aromatic nitrogens is 1. The van der Waals surface area contributed by atoms with E-state index in [1.165, 1.54) is 5.56 Å². The minimum Gasteiger partial charge on any atom is -0.354 e. The quantitative estimate of drug-likeness (QED) is 0.892. The molecule has 3 rings (SSSR count). The van der Waals surface area contributed by atoms with Crippen molar-refractivity contribution in [3.63, 3.8) is 0 Å². The van der Waals surface area contributed by atoms with Crippen LogP contribution < -0.4 is 5.32 Å². The maximum absolute atomic E-state index is 12.0. The molecule has 0 bridgehead atoms. The molecule has 2 fully saturated rings. The molecule has 4 heteroatoms. The lowest BCUT2D eigenvalue weighted by Crippen LogP contribution is -2.45. The Bertz CT molecular complexity index is 456. The Balaban J connectivity index is 1.40. The van der Waals surface area contributed by atoms with Crippen LogP contribution in [0.3, 0.4) is 0 Å². The standard InChI is InChI=1S/C16H25N3O/c1-2-18-8-5-13(12-18)11-17-15-6-9-19(10-7-15)16(20)14-3-4-14/h5,8,12,14-15,17H,2-4,6-7,9-11H2,1H3. The Hall–Kier alpha value is -1.29. The van der Waals surface area contributed by atoms with Crippen LogP contribution in [0.15, 0.2) is 18.5 Å². The van der Waals surface area contributed by atoms with Crippen LogP contribution in [0.2, 0.25) is 0 Å². The van der Waals surface area contributed by atoms with Gasteiger partial charge in [-0.25, -0.2) is 0 Å². The number of carbonyl (C=O) groups is 1. The molecule has 0 radical (unpaired) electrons. The molecule has 4 nitrogen and oxygen atoms in total. The van der Waals surface area contributed by atoms with Gasteiger partial charge in [-0.1, -0.05) is 0 Å². The minimum absolute atomic E-state index is 0.369. The number of piperidine rings is 1. The topological polar surface area (TPSA) is 37.3 Å². The van der Waals surface area contributed by atoms with Crippen LogP contribution in [-0.4, -0.2) is 34.5 Å². The molecule has 0 atom stereocenters. The van der Waals surface area contributed by atoms with Gasteiger partial charge in [-0.2, -0.15) is 0 Å². The van der Waals surface area contributed by atoms with Gasteiger partial charge in [0, 0.05) is 50.5 Å². The zero-order valence-corrected chi connectivity index (χ0v) is 12.3. The van der Waals surface area contributed by atoms with Crippen molar-refractivity contribution in [3.05, 3.63) is 24.0 Å². The van der Waals surface area contributed by atoms with Crippen LogP contribution in [-0.2, 0) is 17.9 Å². The normalized spacial score (nSPS) is 20.4. The molecular formula is C16H25N3O. The first-order valence-electron chi connectivity index (χ1n) is 7.93. The van der Waals surface area contributed by atoms with Crippen molar-refractivity contribution < 1.29 is 4.79 Å². The van der Waals surface area contributed by atoms with E-state index in [0.717, 1.165) is 51.9 Å². The summed E-state index contributed by atoms with van der Waals surface area (Å²) in [4.78, 5) is 14.1. The fourth-order valence-electron chi connectivity index (χ4n) is 2.95. The van der Waals surface area contributed by atoms with Crippen molar-refractivity contribution >= 4 is 5.91 Å². The van der Waals surface area contributed by atoms with E-state index < -0.39 is 0 Å². The third-order valence-corrected chi connectivity index (χ3v) is 4.50. The molecule has 0 unspecified atom stereocenters. The summed E-state index contributed by atoms with van der Waals surface area (Å²) >= 11 is 0. The number of nitrogens with one attached hydrogen (secondary N) is 1. The van der Waals surface area contributed by atoms with Crippen LogP contribution in [0.4, 0.5) is 0 Å². The number of carbonyl (C=O) groups excluding carboxylic acids is 1. The Morgan fingerprint density at radius 1 is 1.30 bits per heavy atom. The Morgan fingerprint density at radius 3 is 2.65 bits per heavy atom. The fraction of sp³-hybridized carbons (Fsp3) is 0.688. The van der Waals surface area contributed by atoms with E-state index >= 15 is 0 Å². The predicted octanol–water partition coefficient (Wildman–Crippen LogP) is 2.00. The molecule has 110 valence electrons. The highest BCUT2D eigenvalue weighted by atomic mass is 16.2. The van der Waals surface area contributed by atoms with E-state index in [1.807, 2.05) is 0 Å². The minimum atomic E-state index is 0.369. The largest absolute Gasteiger partial charge is 0.354 e. The van der Waals surface area contributed by atoms with Gasteiger partial charge in [0.1, 0.15) is 0 Å². The number of hydrogen-bond acceptors (Lipinski definition) is 2. The van der Waals surface area contributed by atoms with Gasteiger partial charge < -0.3 is 14.8 Å². The van der Waals surface area contributed by atoms with Gasteiger partial charge >= 0.3 is 0 Å².